The van der Waals surface area contributed by atoms with Crippen molar-refractivity contribution in [2.45, 2.75) is 47.2 Å². The van der Waals surface area contributed by atoms with Gasteiger partial charge in [-0.05, 0) is 38.3 Å². The molecule has 1 aromatic heterocycles. The number of aryl methyl sites for hydroxylation is 2. The van der Waals surface area contributed by atoms with Crippen LogP contribution in [0.4, 0.5) is 0 Å². The van der Waals surface area contributed by atoms with Crippen molar-refractivity contribution in [2.75, 3.05) is 6.54 Å². The number of amides is 1. The van der Waals surface area contributed by atoms with E-state index in [1.807, 2.05) is 6.92 Å². The minimum atomic E-state index is 0.0706. The van der Waals surface area contributed by atoms with E-state index in [1.165, 1.54) is 15.3 Å². The van der Waals surface area contributed by atoms with E-state index in [-0.39, 0.29) is 11.9 Å². The first kappa shape index (κ1) is 15.2. The third kappa shape index (κ3) is 4.78. The summed E-state index contributed by atoms with van der Waals surface area (Å²) >= 11 is 1.79. The van der Waals surface area contributed by atoms with Gasteiger partial charge in [-0.15, -0.1) is 11.3 Å². The maximum atomic E-state index is 11.7. The molecular formula is C14H24N2OS. The van der Waals surface area contributed by atoms with E-state index in [9.17, 15) is 4.79 Å². The SMILES string of the molecule is Cc1cc(CNCC(=O)NC(C)C(C)C)sc1C. The zero-order valence-corrected chi connectivity index (χ0v) is 12.8. The Hall–Kier alpha value is -0.870. The van der Waals surface area contributed by atoms with Gasteiger partial charge in [-0.3, -0.25) is 4.79 Å². The van der Waals surface area contributed by atoms with Gasteiger partial charge < -0.3 is 10.6 Å². The summed E-state index contributed by atoms with van der Waals surface area (Å²) in [6.45, 7) is 11.6. The van der Waals surface area contributed by atoms with Crippen molar-refractivity contribution >= 4 is 17.2 Å². The average molecular weight is 268 g/mol. The van der Waals surface area contributed by atoms with E-state index in [4.69, 9.17) is 0 Å². The van der Waals surface area contributed by atoms with E-state index in [0.29, 0.717) is 12.5 Å². The van der Waals surface area contributed by atoms with Crippen LogP contribution >= 0.6 is 11.3 Å². The molecule has 102 valence electrons. The normalized spacial score (nSPS) is 12.8. The second-order valence-corrected chi connectivity index (χ2v) is 6.50. The van der Waals surface area contributed by atoms with E-state index in [0.717, 1.165) is 6.54 Å². The maximum Gasteiger partial charge on any atom is 0.234 e. The van der Waals surface area contributed by atoms with Crippen LogP contribution in [0.1, 0.15) is 36.1 Å². The van der Waals surface area contributed by atoms with Gasteiger partial charge >= 0.3 is 0 Å². The smallest absolute Gasteiger partial charge is 0.234 e. The molecule has 1 atom stereocenters. The molecule has 3 nitrogen and oxygen atoms in total. The van der Waals surface area contributed by atoms with Gasteiger partial charge in [0.05, 0.1) is 6.54 Å². The Balaban J connectivity index is 2.27. The second-order valence-electron chi connectivity index (χ2n) is 5.16. The molecule has 1 unspecified atom stereocenters. The summed E-state index contributed by atoms with van der Waals surface area (Å²) in [6.07, 6.45) is 0. The van der Waals surface area contributed by atoms with Crippen molar-refractivity contribution in [1.82, 2.24) is 10.6 Å². The molecule has 1 rings (SSSR count). The Morgan fingerprint density at radius 3 is 2.50 bits per heavy atom. The Morgan fingerprint density at radius 1 is 1.33 bits per heavy atom. The van der Waals surface area contributed by atoms with Crippen LogP contribution in [0.5, 0.6) is 0 Å². The minimum Gasteiger partial charge on any atom is -0.352 e. The van der Waals surface area contributed by atoms with E-state index in [1.54, 1.807) is 11.3 Å². The van der Waals surface area contributed by atoms with Crippen LogP contribution in [-0.4, -0.2) is 18.5 Å². The van der Waals surface area contributed by atoms with Crippen molar-refractivity contribution in [3.05, 3.63) is 21.4 Å². The quantitative estimate of drug-likeness (QED) is 0.832. The molecule has 0 bridgehead atoms. The molecule has 0 fully saturated rings. The molecule has 0 aromatic carbocycles. The van der Waals surface area contributed by atoms with Gasteiger partial charge in [0.2, 0.25) is 5.91 Å². The molecule has 18 heavy (non-hydrogen) atoms. The van der Waals surface area contributed by atoms with E-state index in [2.05, 4.69) is 44.4 Å². The highest BCUT2D eigenvalue weighted by Gasteiger charge is 2.10. The Kier molecular flexibility index (Phi) is 5.82. The lowest BCUT2D eigenvalue weighted by atomic mass is 10.1. The molecule has 4 heteroatoms. The van der Waals surface area contributed by atoms with Gasteiger partial charge in [-0.2, -0.15) is 0 Å². The number of carbonyl (C=O) groups excluding carboxylic acids is 1. The summed E-state index contributed by atoms with van der Waals surface area (Å²) in [4.78, 5) is 14.3. The molecule has 1 aromatic rings. The van der Waals surface area contributed by atoms with Crippen molar-refractivity contribution in [3.63, 3.8) is 0 Å². The Bertz CT molecular complexity index is 379. The molecule has 2 N–H and O–H groups in total. The lowest BCUT2D eigenvalue weighted by molar-refractivity contribution is -0.121. The van der Waals surface area contributed by atoms with Crippen LogP contribution in [0, 0.1) is 19.8 Å². The van der Waals surface area contributed by atoms with Crippen LogP contribution in [0.2, 0.25) is 0 Å². The number of rotatable bonds is 6. The summed E-state index contributed by atoms with van der Waals surface area (Å²) in [5, 5.41) is 6.17. The number of thiophene rings is 1. The predicted octanol–water partition coefficient (Wildman–Crippen LogP) is 2.62. The predicted molar refractivity (Wildman–Crippen MR) is 77.9 cm³/mol. The molecule has 0 aliphatic heterocycles. The molecule has 0 aliphatic carbocycles. The molecule has 0 aliphatic rings. The number of hydrogen-bond acceptors (Lipinski definition) is 3. The first-order chi connectivity index (χ1) is 8.40. The summed E-state index contributed by atoms with van der Waals surface area (Å²) in [5.74, 6) is 0.540. The van der Waals surface area contributed by atoms with Gasteiger partial charge in [0.1, 0.15) is 0 Å². The van der Waals surface area contributed by atoms with E-state index < -0.39 is 0 Å². The summed E-state index contributed by atoms with van der Waals surface area (Å²) in [6, 6.07) is 2.41. The third-order valence-electron chi connectivity index (χ3n) is 3.19. The van der Waals surface area contributed by atoms with E-state index >= 15 is 0 Å². The lowest BCUT2D eigenvalue weighted by Crippen LogP contribution is -2.41. The first-order valence-corrected chi connectivity index (χ1v) is 7.27. The standard InChI is InChI=1S/C14H24N2OS/c1-9(2)11(4)16-14(17)8-15-7-13-6-10(3)12(5)18-13/h6,9,11,15H,7-8H2,1-5H3,(H,16,17). The number of carbonyl (C=O) groups is 1. The number of nitrogens with one attached hydrogen (secondary N) is 2. The van der Waals surface area contributed by atoms with Crippen LogP contribution in [0.15, 0.2) is 6.07 Å². The highest BCUT2D eigenvalue weighted by molar-refractivity contribution is 7.12. The average Bonchev–Trinajstić information content (AvgIpc) is 2.58. The number of hydrogen-bond donors (Lipinski definition) is 2. The van der Waals surface area contributed by atoms with Crippen LogP contribution in [0.25, 0.3) is 0 Å². The summed E-state index contributed by atoms with van der Waals surface area (Å²) < 4.78 is 0. The summed E-state index contributed by atoms with van der Waals surface area (Å²) in [5.41, 5.74) is 1.33. The van der Waals surface area contributed by atoms with Gasteiger partial charge in [0.15, 0.2) is 0 Å². The molecular weight excluding hydrogens is 244 g/mol. The molecule has 1 amide bonds. The minimum absolute atomic E-state index is 0.0706. The van der Waals surface area contributed by atoms with Crippen molar-refractivity contribution in [1.29, 1.82) is 0 Å². The van der Waals surface area contributed by atoms with Crippen molar-refractivity contribution in [2.24, 2.45) is 5.92 Å². The van der Waals surface area contributed by atoms with Gasteiger partial charge in [0, 0.05) is 22.3 Å². The molecule has 0 radical (unpaired) electrons. The highest BCUT2D eigenvalue weighted by Crippen LogP contribution is 2.19. The molecule has 1 heterocycles. The van der Waals surface area contributed by atoms with Crippen LogP contribution in [-0.2, 0) is 11.3 Å². The highest BCUT2D eigenvalue weighted by atomic mass is 32.1. The van der Waals surface area contributed by atoms with Crippen LogP contribution < -0.4 is 10.6 Å². The second kappa shape index (κ2) is 6.90. The summed E-state index contributed by atoms with van der Waals surface area (Å²) in [7, 11) is 0. The van der Waals surface area contributed by atoms with Gasteiger partial charge in [0.25, 0.3) is 0 Å². The zero-order valence-electron chi connectivity index (χ0n) is 12.0. The van der Waals surface area contributed by atoms with Crippen LogP contribution in [0.3, 0.4) is 0 Å². The molecule has 0 saturated heterocycles. The lowest BCUT2D eigenvalue weighted by Gasteiger charge is -2.17. The maximum absolute atomic E-state index is 11.7. The first-order valence-electron chi connectivity index (χ1n) is 6.46. The van der Waals surface area contributed by atoms with Crippen molar-refractivity contribution < 1.29 is 4.79 Å². The van der Waals surface area contributed by atoms with Gasteiger partial charge in [-0.1, -0.05) is 13.8 Å². The third-order valence-corrected chi connectivity index (χ3v) is 4.34. The molecule has 0 spiro atoms. The zero-order chi connectivity index (χ0) is 13.7. The monoisotopic (exact) mass is 268 g/mol. The molecule has 0 saturated carbocycles. The fraction of sp³-hybridized carbons (Fsp3) is 0.643. The van der Waals surface area contributed by atoms with Gasteiger partial charge in [-0.25, -0.2) is 0 Å². The van der Waals surface area contributed by atoms with Crippen molar-refractivity contribution in [3.8, 4) is 0 Å². The topological polar surface area (TPSA) is 41.1 Å². The Labute approximate surface area is 114 Å². The fourth-order valence-corrected chi connectivity index (χ4v) is 2.53. The fourth-order valence-electron chi connectivity index (χ4n) is 1.51. The Morgan fingerprint density at radius 2 is 2.00 bits per heavy atom. The largest absolute Gasteiger partial charge is 0.352 e.